The molecule has 7 rings (SSSR count). The molecule has 3 N–H and O–H groups in total. The van der Waals surface area contributed by atoms with Crippen molar-refractivity contribution in [2.45, 2.75) is 31.7 Å². The lowest BCUT2D eigenvalue weighted by Gasteiger charge is -2.36. The number of nitrogens with two attached hydrogens (primary N) is 1. The van der Waals surface area contributed by atoms with Crippen molar-refractivity contribution in [3.05, 3.63) is 52.7 Å². The molecular weight excluding hydrogens is 447 g/mol. The summed E-state index contributed by atoms with van der Waals surface area (Å²) >= 11 is 0. The first-order valence-electron chi connectivity index (χ1n) is 12.1. The summed E-state index contributed by atoms with van der Waals surface area (Å²) in [5.41, 5.74) is 11.9. The lowest BCUT2D eigenvalue weighted by Crippen LogP contribution is -2.46. The standard InChI is InChI=1S/C26H25FN6O2/c1-29-21-6-13(27)5-16-15(21)8-22-24(16)25(33-10-12-4-19(28)18(12)11-33)32-26(31-22)35-14-7-17-20(30-9-14)2-3-23(17)34/h5-7,9,12,18-19,29H,2-4,8,10-11,28H2,1H3/t12?,18?,19-/m1/s1. The number of hydrogen-bond donors (Lipinski definition) is 2. The Morgan fingerprint density at radius 2 is 2.03 bits per heavy atom. The summed E-state index contributed by atoms with van der Waals surface area (Å²) in [7, 11) is 1.79. The Kier molecular flexibility index (Phi) is 4.42. The molecule has 1 saturated carbocycles. The van der Waals surface area contributed by atoms with E-state index in [0.717, 1.165) is 59.1 Å². The van der Waals surface area contributed by atoms with E-state index in [1.807, 2.05) is 0 Å². The third-order valence-corrected chi connectivity index (χ3v) is 8.00. The van der Waals surface area contributed by atoms with Gasteiger partial charge < -0.3 is 20.7 Å². The number of pyridine rings is 1. The van der Waals surface area contributed by atoms with Gasteiger partial charge in [0, 0.05) is 55.8 Å². The molecule has 3 heterocycles. The fourth-order valence-corrected chi connectivity index (χ4v) is 6.17. The largest absolute Gasteiger partial charge is 0.423 e. The zero-order chi connectivity index (χ0) is 23.8. The summed E-state index contributed by atoms with van der Waals surface area (Å²) in [5, 5.41) is 3.11. The highest BCUT2D eigenvalue weighted by molar-refractivity contribution is 6.00. The zero-order valence-electron chi connectivity index (χ0n) is 19.3. The molecule has 4 aliphatic rings. The van der Waals surface area contributed by atoms with E-state index in [-0.39, 0.29) is 23.7 Å². The van der Waals surface area contributed by atoms with Crippen LogP contribution in [-0.2, 0) is 12.8 Å². The summed E-state index contributed by atoms with van der Waals surface area (Å²) in [4.78, 5) is 28.4. The van der Waals surface area contributed by atoms with Crippen LogP contribution in [-0.4, -0.2) is 46.9 Å². The molecule has 0 radical (unpaired) electrons. The van der Waals surface area contributed by atoms with E-state index in [2.05, 4.69) is 15.2 Å². The van der Waals surface area contributed by atoms with Gasteiger partial charge in [-0.05, 0) is 54.0 Å². The number of nitrogens with zero attached hydrogens (tertiary/aromatic N) is 4. The first kappa shape index (κ1) is 20.8. The molecule has 3 aromatic rings. The second-order valence-corrected chi connectivity index (χ2v) is 9.98. The number of aryl methyl sites for hydroxylation is 1. The van der Waals surface area contributed by atoms with E-state index in [1.54, 1.807) is 25.4 Å². The van der Waals surface area contributed by atoms with Crippen LogP contribution in [0.3, 0.4) is 0 Å². The summed E-state index contributed by atoms with van der Waals surface area (Å²) in [5.74, 6) is 1.96. The maximum atomic E-state index is 14.5. The fraction of sp³-hybridized carbons (Fsp3) is 0.385. The maximum Gasteiger partial charge on any atom is 0.324 e. The molecule has 1 aliphatic heterocycles. The highest BCUT2D eigenvalue weighted by atomic mass is 19.1. The molecule has 1 saturated heterocycles. The van der Waals surface area contributed by atoms with Crippen LogP contribution in [0.25, 0.3) is 11.1 Å². The molecule has 178 valence electrons. The summed E-state index contributed by atoms with van der Waals surface area (Å²) in [6, 6.07) is 5.23. The van der Waals surface area contributed by atoms with E-state index in [1.165, 1.54) is 6.07 Å². The number of fused-ring (bicyclic) bond motifs is 5. The Balaban J connectivity index is 1.32. The molecule has 0 spiro atoms. The molecule has 9 heteroatoms. The van der Waals surface area contributed by atoms with Crippen LogP contribution in [0, 0.1) is 17.7 Å². The van der Waals surface area contributed by atoms with Crippen LogP contribution < -0.4 is 20.7 Å². The van der Waals surface area contributed by atoms with Gasteiger partial charge in [-0.2, -0.15) is 9.97 Å². The molecule has 8 nitrogen and oxygen atoms in total. The number of hydrogen-bond acceptors (Lipinski definition) is 8. The molecular formula is C26H25FN6O2. The van der Waals surface area contributed by atoms with Crippen LogP contribution in [0.1, 0.15) is 40.2 Å². The first-order chi connectivity index (χ1) is 17.0. The number of nitrogens with one attached hydrogen (secondary N) is 1. The first-order valence-corrected chi connectivity index (χ1v) is 12.1. The van der Waals surface area contributed by atoms with Crippen LogP contribution in [0.15, 0.2) is 24.4 Å². The quantitative estimate of drug-likeness (QED) is 0.466. The van der Waals surface area contributed by atoms with E-state index in [0.29, 0.717) is 42.4 Å². The molecule has 2 unspecified atom stereocenters. The third kappa shape index (κ3) is 3.14. The average molecular weight is 473 g/mol. The maximum absolute atomic E-state index is 14.5. The number of Topliss-reactive ketones (excluding diaryl/α,β-unsaturated/α-hetero) is 1. The normalized spacial score (nSPS) is 23.5. The van der Waals surface area contributed by atoms with Crippen molar-refractivity contribution < 1.29 is 13.9 Å². The number of rotatable bonds is 4. The van der Waals surface area contributed by atoms with Gasteiger partial charge >= 0.3 is 6.01 Å². The fourth-order valence-electron chi connectivity index (χ4n) is 6.17. The summed E-state index contributed by atoms with van der Waals surface area (Å²) in [6.07, 6.45) is 4.32. The molecule has 0 amide bonds. The Hall–Kier alpha value is -3.59. The number of aromatic nitrogens is 3. The Bertz CT molecular complexity index is 1410. The van der Waals surface area contributed by atoms with Crippen molar-refractivity contribution >= 4 is 17.3 Å². The van der Waals surface area contributed by atoms with Gasteiger partial charge in [-0.1, -0.05) is 0 Å². The minimum absolute atomic E-state index is 0.0782. The predicted octanol–water partition coefficient (Wildman–Crippen LogP) is 3.33. The van der Waals surface area contributed by atoms with E-state index in [4.69, 9.17) is 20.4 Å². The summed E-state index contributed by atoms with van der Waals surface area (Å²) in [6.45, 7) is 1.67. The lowest BCUT2D eigenvalue weighted by molar-refractivity contribution is 0.0994. The second kappa shape index (κ2) is 7.45. The lowest BCUT2D eigenvalue weighted by atomic mass is 9.72. The number of benzene rings is 1. The smallest absolute Gasteiger partial charge is 0.324 e. The number of ether oxygens (including phenoxy) is 1. The Labute approximate surface area is 201 Å². The van der Waals surface area contributed by atoms with Crippen molar-refractivity contribution in [3.63, 3.8) is 0 Å². The molecule has 3 aliphatic carbocycles. The van der Waals surface area contributed by atoms with Crippen LogP contribution in [0.2, 0.25) is 0 Å². The van der Waals surface area contributed by atoms with Crippen molar-refractivity contribution in [1.82, 2.24) is 15.0 Å². The number of ketones is 1. The van der Waals surface area contributed by atoms with Gasteiger partial charge in [0.05, 0.1) is 17.6 Å². The minimum Gasteiger partial charge on any atom is -0.423 e. The average Bonchev–Trinajstić information content (AvgIpc) is 3.51. The van der Waals surface area contributed by atoms with Crippen LogP contribution >= 0.6 is 0 Å². The van der Waals surface area contributed by atoms with Crippen molar-refractivity contribution in [2.75, 3.05) is 30.4 Å². The van der Waals surface area contributed by atoms with E-state index >= 15 is 0 Å². The van der Waals surface area contributed by atoms with Crippen LogP contribution in [0.5, 0.6) is 11.8 Å². The number of halogens is 1. The highest BCUT2D eigenvalue weighted by Crippen LogP contribution is 2.48. The van der Waals surface area contributed by atoms with Gasteiger partial charge in [-0.25, -0.2) is 4.39 Å². The minimum atomic E-state index is -0.301. The van der Waals surface area contributed by atoms with Crippen molar-refractivity contribution in [3.8, 4) is 22.9 Å². The molecule has 35 heavy (non-hydrogen) atoms. The van der Waals surface area contributed by atoms with E-state index < -0.39 is 0 Å². The monoisotopic (exact) mass is 472 g/mol. The molecule has 0 bridgehead atoms. The van der Waals surface area contributed by atoms with Gasteiger partial charge in [0.15, 0.2) is 5.78 Å². The van der Waals surface area contributed by atoms with Gasteiger partial charge in [-0.15, -0.1) is 0 Å². The topological polar surface area (TPSA) is 106 Å². The SMILES string of the molecule is CNc1cc(F)cc2c1Cc1nc(Oc3cnc4c(c3)C(=O)CC4)nc(N3CC4C[C@@H](N)C4C3)c1-2. The zero-order valence-corrected chi connectivity index (χ0v) is 19.3. The van der Waals surface area contributed by atoms with Gasteiger partial charge in [0.1, 0.15) is 17.4 Å². The Morgan fingerprint density at radius 1 is 1.14 bits per heavy atom. The van der Waals surface area contributed by atoms with Crippen molar-refractivity contribution in [2.24, 2.45) is 17.6 Å². The van der Waals surface area contributed by atoms with Gasteiger partial charge in [-0.3, -0.25) is 9.78 Å². The number of anilines is 2. The van der Waals surface area contributed by atoms with Gasteiger partial charge in [0.25, 0.3) is 0 Å². The molecule has 2 aromatic heterocycles. The van der Waals surface area contributed by atoms with Gasteiger partial charge in [0.2, 0.25) is 0 Å². The summed E-state index contributed by atoms with van der Waals surface area (Å²) < 4.78 is 20.6. The molecule has 2 fully saturated rings. The highest BCUT2D eigenvalue weighted by Gasteiger charge is 2.46. The predicted molar refractivity (Wildman–Crippen MR) is 129 cm³/mol. The second-order valence-electron chi connectivity index (χ2n) is 9.98. The van der Waals surface area contributed by atoms with Crippen LogP contribution in [0.4, 0.5) is 15.9 Å². The number of carbonyl (C=O) groups is 1. The third-order valence-electron chi connectivity index (χ3n) is 8.00. The Morgan fingerprint density at radius 3 is 2.83 bits per heavy atom. The molecule has 1 aromatic carbocycles. The van der Waals surface area contributed by atoms with Crippen molar-refractivity contribution in [1.29, 1.82) is 0 Å². The number of carbonyl (C=O) groups excluding carboxylic acids is 1. The molecule has 3 atom stereocenters. The van der Waals surface area contributed by atoms with E-state index in [9.17, 15) is 9.18 Å².